The average Bonchev–Trinajstić information content (AvgIpc) is 3.09. The van der Waals surface area contributed by atoms with E-state index in [9.17, 15) is 4.79 Å². The lowest BCUT2D eigenvalue weighted by Crippen LogP contribution is -2.52. The highest BCUT2D eigenvalue weighted by Gasteiger charge is 2.54. The molecular weight excluding hydrogens is 224 g/mol. The van der Waals surface area contributed by atoms with Crippen molar-refractivity contribution in [3.05, 3.63) is 0 Å². The molecule has 1 heterocycles. The number of hydrogen-bond acceptors (Lipinski definition) is 2. The van der Waals surface area contributed by atoms with Crippen molar-refractivity contribution in [2.24, 2.45) is 5.92 Å². The third-order valence-corrected chi connectivity index (χ3v) is 4.95. The Morgan fingerprint density at radius 1 is 1.39 bits per heavy atom. The fourth-order valence-electron chi connectivity index (χ4n) is 3.28. The van der Waals surface area contributed by atoms with Gasteiger partial charge in [-0.1, -0.05) is 20.3 Å². The molecule has 1 N–H and O–H groups in total. The van der Waals surface area contributed by atoms with Gasteiger partial charge in [0.15, 0.2) is 0 Å². The van der Waals surface area contributed by atoms with Gasteiger partial charge in [0.25, 0.3) is 0 Å². The Hall–Kier alpha value is -0.570. The molecule has 1 saturated heterocycles. The molecule has 104 valence electrons. The highest BCUT2D eigenvalue weighted by Crippen LogP contribution is 2.46. The first-order valence-electron chi connectivity index (χ1n) is 7.48. The summed E-state index contributed by atoms with van der Waals surface area (Å²) in [6.45, 7) is 10.8. The summed E-state index contributed by atoms with van der Waals surface area (Å²) in [5.74, 6) is 1.00. The Labute approximate surface area is 111 Å². The van der Waals surface area contributed by atoms with Crippen molar-refractivity contribution >= 4 is 5.91 Å². The van der Waals surface area contributed by atoms with Crippen LogP contribution < -0.4 is 5.32 Å². The standard InChI is InChI=1S/C15H28N2O/c1-6-8-12-16-15(5,7-2)13(18)17(12)14(3,4)11-9-10-11/h11-12,16H,6-10H2,1-5H3. The molecule has 1 aliphatic heterocycles. The average molecular weight is 252 g/mol. The molecule has 0 radical (unpaired) electrons. The van der Waals surface area contributed by atoms with Gasteiger partial charge < -0.3 is 4.90 Å². The molecule has 3 heteroatoms. The Balaban J connectivity index is 2.26. The van der Waals surface area contributed by atoms with Gasteiger partial charge in [0.05, 0.1) is 11.7 Å². The smallest absolute Gasteiger partial charge is 0.244 e. The first kappa shape index (κ1) is 13.9. The van der Waals surface area contributed by atoms with Crippen LogP contribution in [0.25, 0.3) is 0 Å². The minimum Gasteiger partial charge on any atom is -0.320 e. The van der Waals surface area contributed by atoms with Crippen LogP contribution in [0.5, 0.6) is 0 Å². The Morgan fingerprint density at radius 3 is 2.44 bits per heavy atom. The van der Waals surface area contributed by atoms with Crippen LogP contribution in [0, 0.1) is 5.92 Å². The minimum absolute atomic E-state index is 0.0108. The maximum absolute atomic E-state index is 12.8. The van der Waals surface area contributed by atoms with Crippen molar-refractivity contribution in [1.82, 2.24) is 10.2 Å². The second kappa shape index (κ2) is 4.52. The Bertz CT molecular complexity index is 335. The summed E-state index contributed by atoms with van der Waals surface area (Å²) in [7, 11) is 0. The number of hydrogen-bond donors (Lipinski definition) is 1. The maximum atomic E-state index is 12.8. The van der Waals surface area contributed by atoms with Gasteiger partial charge in [-0.2, -0.15) is 0 Å². The van der Waals surface area contributed by atoms with E-state index in [1.807, 2.05) is 0 Å². The number of nitrogens with zero attached hydrogens (tertiary/aromatic N) is 1. The predicted octanol–water partition coefficient (Wildman–Crippen LogP) is 2.90. The van der Waals surface area contributed by atoms with Crippen molar-refractivity contribution in [2.45, 2.75) is 84.0 Å². The predicted molar refractivity (Wildman–Crippen MR) is 74.2 cm³/mol. The van der Waals surface area contributed by atoms with Gasteiger partial charge in [0, 0.05) is 5.54 Å². The maximum Gasteiger partial charge on any atom is 0.244 e. The minimum atomic E-state index is -0.355. The van der Waals surface area contributed by atoms with E-state index < -0.39 is 0 Å². The lowest BCUT2D eigenvalue weighted by molar-refractivity contribution is -0.138. The normalized spacial score (nSPS) is 33.3. The van der Waals surface area contributed by atoms with Crippen LogP contribution in [0.1, 0.15) is 66.7 Å². The summed E-state index contributed by atoms with van der Waals surface area (Å²) in [5, 5.41) is 3.58. The number of carbonyl (C=O) groups is 1. The Morgan fingerprint density at radius 2 is 2.00 bits per heavy atom. The lowest BCUT2D eigenvalue weighted by Gasteiger charge is -2.40. The zero-order chi connectivity index (χ0) is 13.6. The highest BCUT2D eigenvalue weighted by molar-refractivity contribution is 5.89. The second-order valence-electron chi connectivity index (χ2n) is 6.74. The third kappa shape index (κ3) is 2.07. The molecule has 0 aromatic carbocycles. The zero-order valence-corrected chi connectivity index (χ0v) is 12.5. The van der Waals surface area contributed by atoms with Crippen LogP contribution in [0.2, 0.25) is 0 Å². The molecule has 2 unspecified atom stereocenters. The van der Waals surface area contributed by atoms with Crippen molar-refractivity contribution < 1.29 is 4.79 Å². The topological polar surface area (TPSA) is 32.3 Å². The highest BCUT2D eigenvalue weighted by atomic mass is 16.2. The van der Waals surface area contributed by atoms with Crippen molar-refractivity contribution in [3.63, 3.8) is 0 Å². The van der Waals surface area contributed by atoms with E-state index in [0.717, 1.165) is 19.3 Å². The van der Waals surface area contributed by atoms with Crippen LogP contribution in [-0.4, -0.2) is 28.1 Å². The molecule has 3 nitrogen and oxygen atoms in total. The van der Waals surface area contributed by atoms with E-state index in [-0.39, 0.29) is 17.2 Å². The van der Waals surface area contributed by atoms with Crippen LogP contribution in [0.3, 0.4) is 0 Å². The van der Waals surface area contributed by atoms with Gasteiger partial charge in [-0.3, -0.25) is 10.1 Å². The fourth-order valence-corrected chi connectivity index (χ4v) is 3.28. The van der Waals surface area contributed by atoms with Crippen LogP contribution in [0.4, 0.5) is 0 Å². The SMILES string of the molecule is CCCC1NC(C)(CC)C(=O)N1C(C)(C)C1CC1. The summed E-state index contributed by atoms with van der Waals surface area (Å²) in [6, 6.07) is 0. The van der Waals surface area contributed by atoms with E-state index in [1.54, 1.807) is 0 Å². The molecule has 1 amide bonds. The van der Waals surface area contributed by atoms with E-state index in [4.69, 9.17) is 0 Å². The van der Waals surface area contributed by atoms with Crippen molar-refractivity contribution in [1.29, 1.82) is 0 Å². The molecule has 2 fully saturated rings. The number of carbonyl (C=O) groups excluding carboxylic acids is 1. The van der Waals surface area contributed by atoms with Gasteiger partial charge >= 0.3 is 0 Å². The molecule has 0 aromatic rings. The van der Waals surface area contributed by atoms with E-state index in [2.05, 4.69) is 44.8 Å². The summed E-state index contributed by atoms with van der Waals surface area (Å²) in [4.78, 5) is 15.0. The molecule has 1 aliphatic carbocycles. The lowest BCUT2D eigenvalue weighted by atomic mass is 9.92. The van der Waals surface area contributed by atoms with Gasteiger partial charge in [0.2, 0.25) is 5.91 Å². The van der Waals surface area contributed by atoms with Crippen LogP contribution in [-0.2, 0) is 4.79 Å². The first-order chi connectivity index (χ1) is 8.36. The molecule has 0 aromatic heterocycles. The molecule has 18 heavy (non-hydrogen) atoms. The summed E-state index contributed by atoms with van der Waals surface area (Å²) in [6.07, 6.45) is 5.81. The largest absolute Gasteiger partial charge is 0.320 e. The van der Waals surface area contributed by atoms with Crippen LogP contribution in [0.15, 0.2) is 0 Å². The van der Waals surface area contributed by atoms with Crippen molar-refractivity contribution in [2.75, 3.05) is 0 Å². The molecule has 2 rings (SSSR count). The summed E-state index contributed by atoms with van der Waals surface area (Å²) >= 11 is 0. The van der Waals surface area contributed by atoms with Gasteiger partial charge in [-0.25, -0.2) is 0 Å². The van der Waals surface area contributed by atoms with E-state index in [1.165, 1.54) is 12.8 Å². The monoisotopic (exact) mass is 252 g/mol. The van der Waals surface area contributed by atoms with Crippen LogP contribution >= 0.6 is 0 Å². The summed E-state index contributed by atoms with van der Waals surface area (Å²) < 4.78 is 0. The fraction of sp³-hybridized carbons (Fsp3) is 0.933. The van der Waals surface area contributed by atoms with Gasteiger partial charge in [-0.15, -0.1) is 0 Å². The zero-order valence-electron chi connectivity index (χ0n) is 12.5. The number of rotatable bonds is 5. The number of nitrogens with one attached hydrogen (secondary N) is 1. The third-order valence-electron chi connectivity index (χ3n) is 4.95. The molecule has 2 aliphatic rings. The molecule has 0 bridgehead atoms. The van der Waals surface area contributed by atoms with Gasteiger partial charge in [-0.05, 0) is 52.4 Å². The van der Waals surface area contributed by atoms with E-state index in [0.29, 0.717) is 11.8 Å². The quantitative estimate of drug-likeness (QED) is 0.816. The van der Waals surface area contributed by atoms with E-state index >= 15 is 0 Å². The molecular formula is C15H28N2O. The Kier molecular flexibility index (Phi) is 3.48. The molecule has 1 saturated carbocycles. The molecule has 2 atom stereocenters. The first-order valence-corrected chi connectivity index (χ1v) is 7.48. The van der Waals surface area contributed by atoms with Crippen molar-refractivity contribution in [3.8, 4) is 0 Å². The van der Waals surface area contributed by atoms with Gasteiger partial charge in [0.1, 0.15) is 0 Å². The molecule has 0 spiro atoms. The number of amides is 1. The second-order valence-corrected chi connectivity index (χ2v) is 6.74. The summed E-state index contributed by atoms with van der Waals surface area (Å²) in [5.41, 5.74) is -0.344.